The lowest BCUT2D eigenvalue weighted by molar-refractivity contribution is -0.145. The third-order valence-electron chi connectivity index (χ3n) is 11.1. The molecule has 1 aliphatic heterocycles. The van der Waals surface area contributed by atoms with Crippen molar-refractivity contribution in [1.82, 2.24) is 40.9 Å². The second kappa shape index (κ2) is 31.7. The van der Waals surface area contributed by atoms with Gasteiger partial charge < -0.3 is 40.2 Å². The van der Waals surface area contributed by atoms with Crippen molar-refractivity contribution in [3.8, 4) is 0 Å². The van der Waals surface area contributed by atoms with Crippen molar-refractivity contribution in [2.75, 3.05) is 105 Å². The summed E-state index contributed by atoms with van der Waals surface area (Å²) < 4.78 is 21.3. The Kier molecular flexibility index (Phi) is 24.4. The summed E-state index contributed by atoms with van der Waals surface area (Å²) in [5.74, 6) is -4.33. The van der Waals surface area contributed by atoms with Crippen LogP contribution in [0.2, 0.25) is 0 Å². The Morgan fingerprint density at radius 3 is 0.667 bits per heavy atom. The molecule has 1 fully saturated rings. The number of nitrogens with zero attached hydrogens (tertiary/aromatic N) is 4. The van der Waals surface area contributed by atoms with Crippen molar-refractivity contribution in [2.24, 2.45) is 0 Å². The minimum atomic E-state index is -0.621. The maximum atomic E-state index is 13.3. The summed E-state index contributed by atoms with van der Waals surface area (Å²) in [6.07, 6.45) is 0. The zero-order valence-corrected chi connectivity index (χ0v) is 40.4. The van der Waals surface area contributed by atoms with Gasteiger partial charge >= 0.3 is 23.9 Å². The smallest absolute Gasteiger partial charge is 0.325 e. The molecule has 4 aromatic rings. The Morgan fingerprint density at radius 1 is 0.306 bits per heavy atom. The molecular weight excluding hydrogens is 929 g/mol. The van der Waals surface area contributed by atoms with Gasteiger partial charge in [0.1, 0.15) is 52.6 Å². The molecule has 5 rings (SSSR count). The van der Waals surface area contributed by atoms with E-state index in [1.807, 2.05) is 141 Å². The normalized spacial score (nSPS) is 14.0. The van der Waals surface area contributed by atoms with Crippen LogP contribution in [-0.2, 0) is 83.7 Å². The van der Waals surface area contributed by atoms with Crippen LogP contribution in [0.25, 0.3) is 0 Å². The van der Waals surface area contributed by atoms with E-state index in [2.05, 4.69) is 21.3 Å². The van der Waals surface area contributed by atoms with Crippen LogP contribution in [0, 0.1) is 0 Å². The second-order valence-electron chi connectivity index (χ2n) is 16.8. The zero-order chi connectivity index (χ0) is 51.2. The van der Waals surface area contributed by atoms with Gasteiger partial charge in [-0.3, -0.25) is 58.0 Å². The third-order valence-corrected chi connectivity index (χ3v) is 11.1. The van der Waals surface area contributed by atoms with Gasteiger partial charge in [0.25, 0.3) is 0 Å². The van der Waals surface area contributed by atoms with Crippen molar-refractivity contribution in [2.45, 2.75) is 26.4 Å². The fourth-order valence-corrected chi connectivity index (χ4v) is 7.09. The highest BCUT2D eigenvalue weighted by molar-refractivity contribution is 5.85. The Bertz CT molecular complexity index is 1990. The van der Waals surface area contributed by atoms with Gasteiger partial charge in [-0.2, -0.15) is 0 Å². The average molecular weight is 993 g/mol. The molecule has 0 radical (unpaired) electrons. The topological polar surface area (TPSA) is 235 Å². The fraction of sp³-hybridized carbons (Fsp3) is 0.385. The summed E-state index contributed by atoms with van der Waals surface area (Å²) in [6.45, 7) is 0.123. The van der Waals surface area contributed by atoms with Crippen LogP contribution in [0.4, 0.5) is 0 Å². The molecule has 0 saturated carbocycles. The minimum absolute atomic E-state index is 0.0458. The Hall–Kier alpha value is -7.52. The molecule has 384 valence electrons. The summed E-state index contributed by atoms with van der Waals surface area (Å²) in [4.78, 5) is 111. The van der Waals surface area contributed by atoms with E-state index >= 15 is 0 Å². The van der Waals surface area contributed by atoms with E-state index in [-0.39, 0.29) is 131 Å². The fourth-order valence-electron chi connectivity index (χ4n) is 7.09. The molecule has 72 heavy (non-hydrogen) atoms. The first-order chi connectivity index (χ1) is 34.9. The zero-order valence-electron chi connectivity index (χ0n) is 40.4. The molecule has 20 nitrogen and oxygen atoms in total. The first-order valence-electron chi connectivity index (χ1n) is 23.7. The summed E-state index contributed by atoms with van der Waals surface area (Å²) in [6, 6.07) is 36.5. The number of nitrogens with one attached hydrogen (secondary N) is 4. The molecule has 4 aromatic carbocycles. The maximum Gasteiger partial charge on any atom is 0.325 e. The van der Waals surface area contributed by atoms with Gasteiger partial charge in [0, 0.05) is 52.4 Å². The molecule has 0 unspecified atom stereocenters. The van der Waals surface area contributed by atoms with Crippen LogP contribution in [0.5, 0.6) is 0 Å². The number of hydrogen-bond donors (Lipinski definition) is 4. The van der Waals surface area contributed by atoms with E-state index in [0.717, 1.165) is 22.3 Å². The molecule has 20 heteroatoms. The first kappa shape index (κ1) is 55.4. The van der Waals surface area contributed by atoms with Gasteiger partial charge in [-0.25, -0.2) is 0 Å². The van der Waals surface area contributed by atoms with Crippen LogP contribution < -0.4 is 21.3 Å². The molecule has 1 saturated heterocycles. The average Bonchev–Trinajstić information content (AvgIpc) is 3.40. The Balaban J connectivity index is 1.23. The first-order valence-corrected chi connectivity index (χ1v) is 23.7. The summed E-state index contributed by atoms with van der Waals surface area (Å²) >= 11 is 0. The maximum absolute atomic E-state index is 13.3. The van der Waals surface area contributed by atoms with E-state index in [0.29, 0.717) is 0 Å². The number of benzene rings is 4. The van der Waals surface area contributed by atoms with E-state index in [1.54, 1.807) is 0 Å². The number of esters is 4. The number of amides is 4. The quantitative estimate of drug-likeness (QED) is 0.0558. The molecule has 0 aliphatic carbocycles. The van der Waals surface area contributed by atoms with Gasteiger partial charge in [-0.05, 0) is 22.3 Å². The minimum Gasteiger partial charge on any atom is -0.460 e. The predicted molar refractivity (Wildman–Crippen MR) is 263 cm³/mol. The van der Waals surface area contributed by atoms with Crippen LogP contribution in [0.15, 0.2) is 121 Å². The van der Waals surface area contributed by atoms with Crippen molar-refractivity contribution in [3.63, 3.8) is 0 Å². The summed E-state index contributed by atoms with van der Waals surface area (Å²) in [7, 11) is 0. The van der Waals surface area contributed by atoms with Gasteiger partial charge in [-0.1, -0.05) is 121 Å². The molecule has 1 heterocycles. The van der Waals surface area contributed by atoms with Crippen LogP contribution in [0.3, 0.4) is 0 Å². The number of carbonyl (C=O) groups excluding carboxylic acids is 8. The predicted octanol–water partition coefficient (Wildman–Crippen LogP) is 0.646. The largest absolute Gasteiger partial charge is 0.460 e. The number of ether oxygens (including phenoxy) is 4. The van der Waals surface area contributed by atoms with E-state index in [9.17, 15) is 38.4 Å². The van der Waals surface area contributed by atoms with Crippen molar-refractivity contribution in [1.29, 1.82) is 0 Å². The number of rotatable bonds is 24. The summed E-state index contributed by atoms with van der Waals surface area (Å²) in [5, 5.41) is 10.5. The molecule has 0 aromatic heterocycles. The lowest BCUT2D eigenvalue weighted by Gasteiger charge is -2.33. The number of hydrogen-bond acceptors (Lipinski definition) is 16. The van der Waals surface area contributed by atoms with Gasteiger partial charge in [0.05, 0.1) is 26.2 Å². The monoisotopic (exact) mass is 992 g/mol. The molecule has 4 N–H and O–H groups in total. The standard InChI is InChI=1S/C52H64N8O12/c61-45(53-29-49(65)69-37-41-13-5-1-6-14-41)33-57-21-23-58(34-46(62)54-30-50(66)70-38-42-15-7-2-8-16-42)25-27-60(36-48(64)56-32-52(68)72-40-44-19-11-4-12-20-44)28-26-59(24-22-57)35-47(63)55-31-51(67)71-39-43-17-9-3-10-18-43/h1-20H,21-40H2,(H,53,61)(H,54,62)(H,55,63)(H,56,64). The molecule has 0 bridgehead atoms. The third kappa shape index (κ3) is 23.4. The van der Waals surface area contributed by atoms with Gasteiger partial charge in [-0.15, -0.1) is 0 Å². The van der Waals surface area contributed by atoms with E-state index in [1.165, 1.54) is 0 Å². The molecule has 1 aliphatic rings. The van der Waals surface area contributed by atoms with Gasteiger partial charge in [0.15, 0.2) is 0 Å². The van der Waals surface area contributed by atoms with Gasteiger partial charge in [0.2, 0.25) is 23.6 Å². The molecule has 0 spiro atoms. The SMILES string of the molecule is O=C(CN1CCN(CC(=O)NCC(=O)OCc2ccccc2)CCN(CC(=O)NCC(=O)OCc2ccccc2)CCN(CC(=O)NCC(=O)OCc2ccccc2)CC1)NCC(=O)OCc1ccccc1. The highest BCUT2D eigenvalue weighted by Gasteiger charge is 2.23. The Morgan fingerprint density at radius 2 is 0.486 bits per heavy atom. The molecular formula is C52H64N8O12. The van der Waals surface area contributed by atoms with Crippen LogP contribution in [0.1, 0.15) is 22.3 Å². The van der Waals surface area contributed by atoms with Crippen molar-refractivity contribution in [3.05, 3.63) is 144 Å². The molecule has 4 amide bonds. The highest BCUT2D eigenvalue weighted by atomic mass is 16.5. The van der Waals surface area contributed by atoms with Crippen molar-refractivity contribution < 1.29 is 57.3 Å². The van der Waals surface area contributed by atoms with E-state index < -0.39 is 47.5 Å². The Labute approximate surface area is 419 Å². The molecule has 0 atom stereocenters. The second-order valence-corrected chi connectivity index (χ2v) is 16.8. The lowest BCUT2D eigenvalue weighted by Crippen LogP contribution is -2.52. The van der Waals surface area contributed by atoms with E-state index in [4.69, 9.17) is 18.9 Å². The number of carbonyl (C=O) groups is 8. The lowest BCUT2D eigenvalue weighted by atomic mass is 10.2. The highest BCUT2D eigenvalue weighted by Crippen LogP contribution is 2.06. The summed E-state index contributed by atoms with van der Waals surface area (Å²) in [5.41, 5.74) is 3.17. The van der Waals surface area contributed by atoms with Crippen LogP contribution >= 0.6 is 0 Å². The van der Waals surface area contributed by atoms with Crippen LogP contribution in [-0.4, -0.2) is 172 Å². The van der Waals surface area contributed by atoms with Crippen molar-refractivity contribution >= 4 is 47.5 Å².